The van der Waals surface area contributed by atoms with Crippen molar-refractivity contribution in [3.63, 3.8) is 0 Å². The van der Waals surface area contributed by atoms with Crippen LogP contribution in [0.15, 0.2) is 48.9 Å². The minimum absolute atomic E-state index is 0.00355. The molecule has 2 saturated heterocycles. The molecule has 0 bridgehead atoms. The van der Waals surface area contributed by atoms with E-state index in [4.69, 9.17) is 16.3 Å². The number of fused-ring (bicyclic) bond motifs is 1. The first kappa shape index (κ1) is 23.8. The van der Waals surface area contributed by atoms with E-state index in [9.17, 15) is 9.90 Å². The van der Waals surface area contributed by atoms with Gasteiger partial charge in [-0.25, -0.2) is 4.98 Å². The number of nitrogens with zero attached hydrogens (tertiary/aromatic N) is 3. The van der Waals surface area contributed by atoms with E-state index in [0.29, 0.717) is 24.9 Å². The zero-order valence-electron chi connectivity index (χ0n) is 20.4. The van der Waals surface area contributed by atoms with Crippen molar-refractivity contribution in [2.45, 2.75) is 49.7 Å². The van der Waals surface area contributed by atoms with Gasteiger partial charge in [-0.1, -0.05) is 17.7 Å². The second kappa shape index (κ2) is 9.38. The summed E-state index contributed by atoms with van der Waals surface area (Å²) in [6.07, 6.45) is 7.70. The van der Waals surface area contributed by atoms with Gasteiger partial charge in [0.2, 0.25) is 5.91 Å². The summed E-state index contributed by atoms with van der Waals surface area (Å²) < 4.78 is 5.54. The highest BCUT2D eigenvalue weighted by atomic mass is 35.5. The molecule has 36 heavy (non-hydrogen) atoms. The summed E-state index contributed by atoms with van der Waals surface area (Å²) in [5, 5.41) is 16.2. The molecule has 188 valence electrons. The number of piperidine rings is 1. The normalized spacial score (nSPS) is 28.9. The van der Waals surface area contributed by atoms with Crippen LogP contribution >= 0.6 is 11.6 Å². The van der Waals surface area contributed by atoms with Gasteiger partial charge in [0.1, 0.15) is 5.82 Å². The van der Waals surface area contributed by atoms with E-state index in [1.807, 2.05) is 30.5 Å². The van der Waals surface area contributed by atoms with Gasteiger partial charge in [-0.15, -0.1) is 0 Å². The molecule has 0 spiro atoms. The summed E-state index contributed by atoms with van der Waals surface area (Å²) >= 11 is 6.72. The van der Waals surface area contributed by atoms with Gasteiger partial charge in [0.25, 0.3) is 0 Å². The van der Waals surface area contributed by atoms with Crippen LogP contribution in [0.5, 0.6) is 0 Å². The Balaban J connectivity index is 1.15. The molecule has 4 heterocycles. The van der Waals surface area contributed by atoms with Crippen LogP contribution in [0.2, 0.25) is 5.02 Å². The number of anilines is 1. The first-order valence-corrected chi connectivity index (χ1v) is 13.1. The number of halogens is 1. The lowest BCUT2D eigenvalue weighted by Crippen LogP contribution is -2.56. The molecule has 2 N–H and O–H groups in total. The van der Waals surface area contributed by atoms with Crippen LogP contribution in [0.3, 0.4) is 0 Å². The van der Waals surface area contributed by atoms with Crippen molar-refractivity contribution in [1.29, 1.82) is 0 Å². The number of ether oxygens (including phenoxy) is 1. The molecule has 3 aliphatic rings. The van der Waals surface area contributed by atoms with Crippen LogP contribution in [-0.4, -0.2) is 63.8 Å². The fourth-order valence-electron chi connectivity index (χ4n) is 5.89. The van der Waals surface area contributed by atoms with E-state index in [0.717, 1.165) is 59.3 Å². The van der Waals surface area contributed by atoms with Crippen molar-refractivity contribution in [3.8, 4) is 0 Å². The molecule has 3 fully saturated rings. The summed E-state index contributed by atoms with van der Waals surface area (Å²) in [6, 6.07) is 10.0. The number of nitrogens with one attached hydrogen (secondary N) is 1. The molecular formula is C28H31ClN4O3. The maximum Gasteiger partial charge on any atom is 0.229 e. The molecule has 2 unspecified atom stereocenters. The molecule has 3 aromatic rings. The Bertz CT molecular complexity index is 1280. The lowest BCUT2D eigenvalue weighted by Gasteiger charge is -2.43. The molecule has 2 aliphatic heterocycles. The Kier molecular flexibility index (Phi) is 6.20. The van der Waals surface area contributed by atoms with Crippen molar-refractivity contribution in [2.75, 3.05) is 31.6 Å². The average molecular weight is 507 g/mol. The summed E-state index contributed by atoms with van der Waals surface area (Å²) in [5.41, 5.74) is 1.94. The third kappa shape index (κ3) is 4.39. The number of hydrogen-bond acceptors (Lipinski definition) is 6. The van der Waals surface area contributed by atoms with Gasteiger partial charge < -0.3 is 15.2 Å². The molecule has 2 aromatic heterocycles. The number of benzene rings is 1. The maximum atomic E-state index is 12.8. The third-order valence-corrected chi connectivity index (χ3v) is 8.70. The molecule has 7 nitrogen and oxygen atoms in total. The first-order chi connectivity index (χ1) is 17.4. The van der Waals surface area contributed by atoms with Crippen LogP contribution in [0.1, 0.15) is 49.1 Å². The Morgan fingerprint density at radius 3 is 2.78 bits per heavy atom. The van der Waals surface area contributed by atoms with Crippen molar-refractivity contribution < 1.29 is 14.6 Å². The number of hydrogen-bond donors (Lipinski definition) is 2. The largest absolute Gasteiger partial charge is 0.389 e. The zero-order chi connectivity index (χ0) is 24.9. The highest BCUT2D eigenvalue weighted by Gasteiger charge is 2.45. The highest BCUT2D eigenvalue weighted by Crippen LogP contribution is 2.47. The van der Waals surface area contributed by atoms with E-state index >= 15 is 0 Å². The summed E-state index contributed by atoms with van der Waals surface area (Å²) in [5.74, 6) is 1.11. The van der Waals surface area contributed by atoms with Crippen LogP contribution < -0.4 is 5.32 Å². The van der Waals surface area contributed by atoms with Gasteiger partial charge in [-0.05, 0) is 91.9 Å². The van der Waals surface area contributed by atoms with Gasteiger partial charge in [-0.2, -0.15) is 0 Å². The van der Waals surface area contributed by atoms with E-state index < -0.39 is 6.10 Å². The molecule has 1 aliphatic carbocycles. The van der Waals surface area contributed by atoms with E-state index in [-0.39, 0.29) is 23.3 Å². The van der Waals surface area contributed by atoms with Crippen LogP contribution in [-0.2, 0) is 9.53 Å². The standard InChI is InChI=1S/C28H31ClN4O3/c1-28(16-36-15-25(28)34)33-7-4-17(5-8-33)22-9-19-11-26(31-14-20(19)10-24(22)29)32-27(35)23-12-21(23)18-3-2-6-30-13-18/h2-3,6,9-11,13-14,17,21,23,25,34H,4-5,7-8,12,15-16H2,1H3,(H,31,32,35)/t21?,23?,25-,28+/m0/s1. The lowest BCUT2D eigenvalue weighted by molar-refractivity contribution is -0.117. The van der Waals surface area contributed by atoms with Crippen molar-refractivity contribution >= 4 is 34.1 Å². The summed E-state index contributed by atoms with van der Waals surface area (Å²) in [4.78, 5) is 23.8. The zero-order valence-corrected chi connectivity index (χ0v) is 21.1. The van der Waals surface area contributed by atoms with Gasteiger partial charge >= 0.3 is 0 Å². The Hall–Kier alpha value is -2.58. The second-order valence-electron chi connectivity index (χ2n) is 10.7. The summed E-state index contributed by atoms with van der Waals surface area (Å²) in [6.45, 7) is 4.86. The topological polar surface area (TPSA) is 87.6 Å². The number of likely N-dealkylation sites (tertiary alicyclic amines) is 1. The molecule has 1 amide bonds. The number of aliphatic hydroxyl groups is 1. The van der Waals surface area contributed by atoms with Crippen LogP contribution in [0.4, 0.5) is 5.82 Å². The Morgan fingerprint density at radius 2 is 2.06 bits per heavy atom. The SMILES string of the molecule is C[C@@]1(N2CCC(c3cc4cc(NC(=O)C5CC5c5cccnc5)ncc4cc3Cl)CC2)COC[C@@H]1O. The number of pyridine rings is 2. The van der Waals surface area contributed by atoms with Gasteiger partial charge in [0, 0.05) is 34.9 Å². The molecule has 4 atom stereocenters. The Morgan fingerprint density at radius 1 is 1.22 bits per heavy atom. The van der Waals surface area contributed by atoms with E-state index in [1.54, 1.807) is 12.4 Å². The van der Waals surface area contributed by atoms with Gasteiger partial charge in [-0.3, -0.25) is 14.7 Å². The van der Waals surface area contributed by atoms with Crippen molar-refractivity contribution in [3.05, 3.63) is 65.1 Å². The number of rotatable bonds is 5. The fraction of sp³-hybridized carbons (Fsp3) is 0.464. The fourth-order valence-corrected chi connectivity index (χ4v) is 6.21. The van der Waals surface area contributed by atoms with E-state index in [2.05, 4.69) is 33.2 Å². The molecule has 8 heteroatoms. The Labute approximate surface area is 215 Å². The van der Waals surface area contributed by atoms with E-state index in [1.165, 1.54) is 0 Å². The molecule has 1 saturated carbocycles. The monoisotopic (exact) mass is 506 g/mol. The minimum atomic E-state index is -0.449. The number of amides is 1. The number of aromatic nitrogens is 2. The predicted molar refractivity (Wildman–Crippen MR) is 139 cm³/mol. The molecule has 6 rings (SSSR count). The molecule has 1 aromatic carbocycles. The van der Waals surface area contributed by atoms with Crippen LogP contribution in [0.25, 0.3) is 10.8 Å². The average Bonchev–Trinajstić information content (AvgIpc) is 3.63. The van der Waals surface area contributed by atoms with Crippen molar-refractivity contribution in [1.82, 2.24) is 14.9 Å². The lowest BCUT2D eigenvalue weighted by atomic mass is 9.85. The smallest absolute Gasteiger partial charge is 0.229 e. The number of carbonyl (C=O) groups is 1. The quantitative estimate of drug-likeness (QED) is 0.535. The van der Waals surface area contributed by atoms with Crippen LogP contribution in [0, 0.1) is 5.92 Å². The first-order valence-electron chi connectivity index (χ1n) is 12.7. The molecular weight excluding hydrogens is 476 g/mol. The van der Waals surface area contributed by atoms with Gasteiger partial charge in [0.15, 0.2) is 0 Å². The minimum Gasteiger partial charge on any atom is -0.389 e. The maximum absolute atomic E-state index is 12.8. The number of carbonyl (C=O) groups excluding carboxylic acids is 1. The predicted octanol–water partition coefficient (Wildman–Crippen LogP) is 4.35. The third-order valence-electron chi connectivity index (χ3n) is 8.37. The summed E-state index contributed by atoms with van der Waals surface area (Å²) in [7, 11) is 0. The van der Waals surface area contributed by atoms with Crippen molar-refractivity contribution in [2.24, 2.45) is 5.92 Å². The number of aliphatic hydroxyl groups excluding tert-OH is 1. The highest BCUT2D eigenvalue weighted by molar-refractivity contribution is 6.32. The second-order valence-corrected chi connectivity index (χ2v) is 11.1. The molecule has 0 radical (unpaired) electrons. The van der Waals surface area contributed by atoms with Gasteiger partial charge in [0.05, 0.1) is 24.9 Å².